The average molecular weight is 387 g/mol. The van der Waals surface area contributed by atoms with E-state index < -0.39 is 0 Å². The lowest BCUT2D eigenvalue weighted by Gasteiger charge is -2.26. The topological polar surface area (TPSA) is 72.9 Å². The van der Waals surface area contributed by atoms with Crippen LogP contribution in [-0.2, 0) is 11.3 Å². The van der Waals surface area contributed by atoms with Gasteiger partial charge in [-0.05, 0) is 25.3 Å². The predicted molar refractivity (Wildman–Crippen MR) is 113 cm³/mol. The van der Waals surface area contributed by atoms with Gasteiger partial charge in [-0.1, -0.05) is 25.3 Å². The number of nitrogens with zero attached hydrogens (tertiary/aromatic N) is 4. The van der Waals surface area contributed by atoms with Crippen LogP contribution in [0.4, 0.5) is 5.82 Å². The van der Waals surface area contributed by atoms with E-state index in [1.807, 2.05) is 36.2 Å². The van der Waals surface area contributed by atoms with Gasteiger partial charge in [-0.15, -0.1) is 0 Å². The fourth-order valence-electron chi connectivity index (χ4n) is 4.22. The Morgan fingerprint density at radius 3 is 2.79 bits per heavy atom. The molecule has 0 aromatic carbocycles. The quantitative estimate of drug-likeness (QED) is 0.598. The molecule has 0 radical (unpaired) electrons. The van der Waals surface area contributed by atoms with Gasteiger partial charge < -0.3 is 20.4 Å². The van der Waals surface area contributed by atoms with Crippen LogP contribution in [0.15, 0.2) is 23.3 Å². The van der Waals surface area contributed by atoms with Gasteiger partial charge >= 0.3 is 0 Å². The monoisotopic (exact) mass is 386 g/mol. The van der Waals surface area contributed by atoms with Crippen molar-refractivity contribution in [1.29, 1.82) is 0 Å². The Hall–Kier alpha value is -2.31. The van der Waals surface area contributed by atoms with E-state index in [9.17, 15) is 4.79 Å². The molecule has 1 aromatic heterocycles. The van der Waals surface area contributed by atoms with E-state index in [1.54, 1.807) is 7.05 Å². The van der Waals surface area contributed by atoms with Crippen molar-refractivity contribution in [2.45, 2.75) is 51.1 Å². The first-order valence-corrected chi connectivity index (χ1v) is 10.5. The summed E-state index contributed by atoms with van der Waals surface area (Å²) in [7, 11) is 5.77. The summed E-state index contributed by atoms with van der Waals surface area (Å²) in [5, 5.41) is 6.87. The third-order valence-electron chi connectivity index (χ3n) is 5.76. The van der Waals surface area contributed by atoms with Gasteiger partial charge in [0.15, 0.2) is 5.96 Å². The Bertz CT molecular complexity index is 683. The largest absolute Gasteiger partial charge is 0.362 e. The number of carbonyl (C=O) groups is 1. The minimum absolute atomic E-state index is 0.250. The fraction of sp³-hybridized carbons (Fsp3) is 0.667. The number of hydrogen-bond acceptors (Lipinski definition) is 4. The molecule has 0 spiro atoms. The summed E-state index contributed by atoms with van der Waals surface area (Å²) < 4.78 is 0. The number of pyridine rings is 1. The molecule has 1 saturated carbocycles. The first-order chi connectivity index (χ1) is 13.6. The molecule has 7 heteroatoms. The zero-order valence-electron chi connectivity index (χ0n) is 17.4. The third-order valence-corrected chi connectivity index (χ3v) is 5.76. The molecular weight excluding hydrogens is 352 g/mol. The third kappa shape index (κ3) is 5.14. The highest BCUT2D eigenvalue weighted by Crippen LogP contribution is 2.26. The van der Waals surface area contributed by atoms with E-state index in [4.69, 9.17) is 0 Å². The molecule has 2 aliphatic rings. The Balaban J connectivity index is 1.50. The number of hydrogen-bond donors (Lipinski definition) is 2. The number of likely N-dealkylation sites (tertiary alicyclic amines) is 1. The fourth-order valence-corrected chi connectivity index (χ4v) is 4.22. The van der Waals surface area contributed by atoms with Gasteiger partial charge in [-0.2, -0.15) is 0 Å². The first kappa shape index (κ1) is 20.4. The van der Waals surface area contributed by atoms with Gasteiger partial charge in [-0.3, -0.25) is 9.79 Å². The summed E-state index contributed by atoms with van der Waals surface area (Å²) in [6, 6.07) is 4.27. The molecule has 7 nitrogen and oxygen atoms in total. The van der Waals surface area contributed by atoms with E-state index in [2.05, 4.69) is 26.7 Å². The van der Waals surface area contributed by atoms with Crippen molar-refractivity contribution in [1.82, 2.24) is 20.5 Å². The molecular formula is C21H34N6O. The zero-order valence-corrected chi connectivity index (χ0v) is 17.4. The van der Waals surface area contributed by atoms with E-state index in [0.717, 1.165) is 49.7 Å². The highest BCUT2D eigenvalue weighted by atomic mass is 16.2. The van der Waals surface area contributed by atoms with Crippen molar-refractivity contribution >= 4 is 17.7 Å². The number of aliphatic imine (C=N–C) groups is 1. The second-order valence-electron chi connectivity index (χ2n) is 8.06. The maximum atomic E-state index is 12.8. The van der Waals surface area contributed by atoms with Gasteiger partial charge in [0, 0.05) is 64.5 Å². The lowest BCUT2D eigenvalue weighted by Crippen LogP contribution is -2.45. The molecule has 3 rings (SSSR count). The molecule has 154 valence electrons. The van der Waals surface area contributed by atoms with Gasteiger partial charge in [-0.25, -0.2) is 4.98 Å². The number of amides is 1. The molecule has 1 saturated heterocycles. The Morgan fingerprint density at radius 1 is 1.29 bits per heavy atom. The van der Waals surface area contributed by atoms with Gasteiger partial charge in [0.05, 0.1) is 0 Å². The number of anilines is 1. The van der Waals surface area contributed by atoms with E-state index >= 15 is 0 Å². The maximum absolute atomic E-state index is 12.8. The van der Waals surface area contributed by atoms with Crippen molar-refractivity contribution in [3.05, 3.63) is 23.9 Å². The smallest absolute Gasteiger partial charge is 0.225 e. The lowest BCUT2D eigenvalue weighted by molar-refractivity contribution is -0.135. The molecule has 28 heavy (non-hydrogen) atoms. The summed E-state index contributed by atoms with van der Waals surface area (Å²) in [4.78, 5) is 25.6. The molecule has 0 bridgehead atoms. The zero-order chi connectivity index (χ0) is 19.9. The van der Waals surface area contributed by atoms with Gasteiger partial charge in [0.1, 0.15) is 5.82 Å². The van der Waals surface area contributed by atoms with E-state index in [1.165, 1.54) is 19.3 Å². The van der Waals surface area contributed by atoms with E-state index in [-0.39, 0.29) is 12.0 Å². The molecule has 2 fully saturated rings. The average Bonchev–Trinajstić information content (AvgIpc) is 3.19. The number of carbonyl (C=O) groups excluding carboxylic acids is 1. The number of aromatic nitrogens is 1. The van der Waals surface area contributed by atoms with Crippen molar-refractivity contribution in [2.75, 3.05) is 39.1 Å². The van der Waals surface area contributed by atoms with Crippen LogP contribution in [-0.4, -0.2) is 62.0 Å². The molecule has 2 heterocycles. The minimum Gasteiger partial charge on any atom is -0.362 e. The second-order valence-corrected chi connectivity index (χ2v) is 8.06. The first-order valence-electron chi connectivity index (χ1n) is 10.5. The van der Waals surface area contributed by atoms with Crippen LogP contribution in [0.3, 0.4) is 0 Å². The number of guanidine groups is 1. The molecule has 1 amide bonds. The maximum Gasteiger partial charge on any atom is 0.225 e. The Morgan fingerprint density at radius 2 is 2.07 bits per heavy atom. The highest BCUT2D eigenvalue weighted by Gasteiger charge is 2.31. The van der Waals surface area contributed by atoms with Crippen LogP contribution in [0, 0.1) is 5.92 Å². The summed E-state index contributed by atoms with van der Waals surface area (Å²) in [5.41, 5.74) is 1.12. The lowest BCUT2D eigenvalue weighted by atomic mass is 9.88. The number of rotatable bonds is 5. The van der Waals surface area contributed by atoms with E-state index in [0.29, 0.717) is 12.5 Å². The second kappa shape index (κ2) is 9.75. The van der Waals surface area contributed by atoms with Crippen molar-refractivity contribution < 1.29 is 4.79 Å². The number of nitrogens with one attached hydrogen (secondary N) is 2. The molecule has 2 N–H and O–H groups in total. The molecule has 1 aliphatic carbocycles. The Labute approximate surface area is 168 Å². The SMILES string of the molecule is CN=C(NCc1cccnc1N(C)C)NC1CCN(C(=O)C2CCCCC2)C1. The Kier molecular flexibility index (Phi) is 7.12. The van der Waals surface area contributed by atoms with Crippen LogP contribution in [0.5, 0.6) is 0 Å². The molecule has 1 aromatic rings. The summed E-state index contributed by atoms with van der Waals surface area (Å²) in [6.45, 7) is 2.27. The summed E-state index contributed by atoms with van der Waals surface area (Å²) >= 11 is 0. The predicted octanol–water partition coefficient (Wildman–Crippen LogP) is 1.99. The summed E-state index contributed by atoms with van der Waals surface area (Å²) in [5.74, 6) is 2.33. The van der Waals surface area contributed by atoms with Crippen LogP contribution >= 0.6 is 0 Å². The molecule has 1 aliphatic heterocycles. The van der Waals surface area contributed by atoms with Crippen LogP contribution < -0.4 is 15.5 Å². The van der Waals surface area contributed by atoms with Crippen LogP contribution in [0.2, 0.25) is 0 Å². The van der Waals surface area contributed by atoms with Crippen molar-refractivity contribution in [2.24, 2.45) is 10.9 Å². The van der Waals surface area contributed by atoms with Crippen LogP contribution in [0.25, 0.3) is 0 Å². The highest BCUT2D eigenvalue weighted by molar-refractivity contribution is 5.81. The van der Waals surface area contributed by atoms with Crippen molar-refractivity contribution in [3.8, 4) is 0 Å². The van der Waals surface area contributed by atoms with Crippen LogP contribution in [0.1, 0.15) is 44.1 Å². The molecule has 1 atom stereocenters. The summed E-state index contributed by atoms with van der Waals surface area (Å²) in [6.07, 6.45) is 8.59. The van der Waals surface area contributed by atoms with Gasteiger partial charge in [0.2, 0.25) is 5.91 Å². The standard InChI is InChI=1S/C21H34N6O/c1-22-21(24-14-17-10-7-12-23-19(17)26(2)3)25-18-11-13-27(15-18)20(28)16-8-5-4-6-9-16/h7,10,12,16,18H,4-6,8-9,11,13-15H2,1-3H3,(H2,22,24,25). The molecule has 1 unspecified atom stereocenters. The minimum atomic E-state index is 0.250. The van der Waals surface area contributed by atoms with Crippen molar-refractivity contribution in [3.63, 3.8) is 0 Å². The van der Waals surface area contributed by atoms with Gasteiger partial charge in [0.25, 0.3) is 0 Å². The normalized spacial score (nSPS) is 20.9.